The molecule has 6 nitrogen and oxygen atoms in total. The van der Waals surface area contributed by atoms with Gasteiger partial charge in [0.05, 0.1) is 5.56 Å². The van der Waals surface area contributed by atoms with Crippen molar-refractivity contribution in [3.05, 3.63) is 58.1 Å². The number of H-pyrrole nitrogens is 1. The fourth-order valence-corrected chi connectivity index (χ4v) is 6.30. The van der Waals surface area contributed by atoms with E-state index < -0.39 is 8.32 Å². The van der Waals surface area contributed by atoms with Gasteiger partial charge in [-0.05, 0) is 48.0 Å². The Morgan fingerprint density at radius 2 is 1.76 bits per heavy atom. The van der Waals surface area contributed by atoms with Crippen LogP contribution < -0.4 is 5.32 Å². The number of rotatable bonds is 7. The lowest BCUT2D eigenvalue weighted by atomic mass is 10.0. The maximum absolute atomic E-state index is 12.5. The van der Waals surface area contributed by atoms with E-state index in [-0.39, 0.29) is 10.9 Å². The van der Waals surface area contributed by atoms with Crippen molar-refractivity contribution in [2.75, 3.05) is 39.3 Å². The highest BCUT2D eigenvalue weighted by Crippen LogP contribution is 2.37. The van der Waals surface area contributed by atoms with Gasteiger partial charge in [-0.25, -0.2) is 0 Å². The molecule has 198 valence electrons. The zero-order valence-electron chi connectivity index (χ0n) is 22.7. The Labute approximate surface area is 226 Å². The summed E-state index contributed by atoms with van der Waals surface area (Å²) < 4.78 is 6.38. The van der Waals surface area contributed by atoms with Gasteiger partial charge in [0.1, 0.15) is 0 Å². The van der Waals surface area contributed by atoms with E-state index in [1.807, 2.05) is 12.1 Å². The minimum atomic E-state index is -1.67. The molecule has 0 atom stereocenters. The van der Waals surface area contributed by atoms with Crippen LogP contribution in [0.25, 0.3) is 22.2 Å². The number of aromatic nitrogens is 1. The Hall–Kier alpha value is -2.16. The fraction of sp³-hybridized carbons (Fsp3) is 0.483. The highest BCUT2D eigenvalue weighted by molar-refractivity contribution is 6.74. The number of fused-ring (bicyclic) bond motifs is 2. The summed E-state index contributed by atoms with van der Waals surface area (Å²) in [6, 6.07) is 12.6. The van der Waals surface area contributed by atoms with E-state index in [0.717, 1.165) is 73.6 Å². The molecule has 2 N–H and O–H groups in total. The first kappa shape index (κ1) is 26.4. The van der Waals surface area contributed by atoms with Gasteiger partial charge in [-0.1, -0.05) is 44.5 Å². The second kappa shape index (κ2) is 10.2. The first-order valence-corrected chi connectivity index (χ1v) is 16.6. The summed E-state index contributed by atoms with van der Waals surface area (Å²) in [5, 5.41) is 4.96. The predicted molar refractivity (Wildman–Crippen MR) is 155 cm³/mol. The van der Waals surface area contributed by atoms with E-state index >= 15 is 0 Å². The molecule has 2 aliphatic heterocycles. The molecule has 2 aliphatic rings. The standard InChI is InChI=1S/C29H39ClN4O2Si/c1-29(2,3)37(4,5)36-15-14-33-10-12-34(13-11-33)19-20-6-9-25-21(16-20)17-26(32-25)22-7-8-24(30)23-18-31-28(35)27(22)23/h6-9,16-17,32H,10-15,18-19H2,1-5H3,(H,31,35). The van der Waals surface area contributed by atoms with E-state index in [1.165, 1.54) is 5.56 Å². The molecule has 0 bridgehead atoms. The molecule has 3 aromatic rings. The van der Waals surface area contributed by atoms with E-state index in [1.54, 1.807) is 0 Å². The van der Waals surface area contributed by atoms with Crippen LogP contribution in [0.4, 0.5) is 0 Å². The van der Waals surface area contributed by atoms with E-state index in [2.05, 4.69) is 78.2 Å². The molecule has 0 spiro atoms. The van der Waals surface area contributed by atoms with Crippen molar-refractivity contribution in [2.45, 2.75) is 52.0 Å². The summed E-state index contributed by atoms with van der Waals surface area (Å²) in [5.74, 6) is -0.0578. The van der Waals surface area contributed by atoms with Crippen LogP contribution in [-0.2, 0) is 17.5 Å². The molecular weight excluding hydrogens is 500 g/mol. The lowest BCUT2D eigenvalue weighted by molar-refractivity contribution is 0.0966. The van der Waals surface area contributed by atoms with Gasteiger partial charge in [-0.3, -0.25) is 14.6 Å². The highest BCUT2D eigenvalue weighted by atomic mass is 35.5. The van der Waals surface area contributed by atoms with Gasteiger partial charge < -0.3 is 14.7 Å². The van der Waals surface area contributed by atoms with Crippen LogP contribution >= 0.6 is 11.6 Å². The third-order valence-corrected chi connectivity index (χ3v) is 13.3. The van der Waals surface area contributed by atoms with Crippen LogP contribution in [0.15, 0.2) is 36.4 Å². The molecule has 1 amide bonds. The molecule has 0 unspecified atom stereocenters. The number of halogens is 1. The number of carbonyl (C=O) groups is 1. The third kappa shape index (κ3) is 5.52. The predicted octanol–water partition coefficient (Wildman–Crippen LogP) is 5.87. The van der Waals surface area contributed by atoms with Crippen LogP contribution in [0.3, 0.4) is 0 Å². The molecule has 3 heterocycles. The van der Waals surface area contributed by atoms with E-state index in [4.69, 9.17) is 16.0 Å². The minimum absolute atomic E-state index is 0.0578. The first-order valence-electron chi connectivity index (χ1n) is 13.3. The number of aromatic amines is 1. The average molecular weight is 539 g/mol. The SMILES string of the molecule is CC(C)(C)[Si](C)(C)OCCN1CCN(Cc2ccc3[nH]c(-c4ccc(Cl)c5c4C(=O)NC5)cc3c2)CC1. The molecule has 1 saturated heterocycles. The van der Waals surface area contributed by atoms with Crippen LogP contribution in [-0.4, -0.2) is 68.3 Å². The number of benzene rings is 2. The number of hydrogen-bond acceptors (Lipinski definition) is 4. The average Bonchev–Trinajstić information content (AvgIpc) is 3.44. The monoisotopic (exact) mass is 538 g/mol. The van der Waals surface area contributed by atoms with Crippen LogP contribution in [0.2, 0.25) is 23.2 Å². The largest absolute Gasteiger partial charge is 0.416 e. The molecule has 0 radical (unpaired) electrons. The van der Waals surface area contributed by atoms with Crippen LogP contribution in [0.1, 0.15) is 42.3 Å². The smallest absolute Gasteiger partial charge is 0.252 e. The summed E-state index contributed by atoms with van der Waals surface area (Å²) in [6.45, 7) is 19.1. The van der Waals surface area contributed by atoms with Gasteiger partial charge in [0.2, 0.25) is 0 Å². The highest BCUT2D eigenvalue weighted by Gasteiger charge is 2.37. The number of piperazine rings is 1. The van der Waals surface area contributed by atoms with Gasteiger partial charge in [0, 0.05) is 85.2 Å². The normalized spacial score (nSPS) is 17.4. The van der Waals surface area contributed by atoms with Crippen molar-refractivity contribution in [1.29, 1.82) is 0 Å². The Morgan fingerprint density at radius 3 is 2.49 bits per heavy atom. The van der Waals surface area contributed by atoms with Gasteiger partial charge in [-0.15, -0.1) is 0 Å². The van der Waals surface area contributed by atoms with Crippen molar-refractivity contribution in [3.8, 4) is 11.3 Å². The topological polar surface area (TPSA) is 60.6 Å². The van der Waals surface area contributed by atoms with Crippen molar-refractivity contribution >= 4 is 36.7 Å². The third-order valence-electron chi connectivity index (χ3n) is 8.43. The van der Waals surface area contributed by atoms with Crippen molar-refractivity contribution in [2.24, 2.45) is 0 Å². The lowest BCUT2D eigenvalue weighted by Crippen LogP contribution is -2.48. The lowest BCUT2D eigenvalue weighted by Gasteiger charge is -2.38. The van der Waals surface area contributed by atoms with Crippen molar-refractivity contribution in [3.63, 3.8) is 0 Å². The molecule has 8 heteroatoms. The summed E-state index contributed by atoms with van der Waals surface area (Å²) in [7, 11) is -1.67. The van der Waals surface area contributed by atoms with Crippen molar-refractivity contribution in [1.82, 2.24) is 20.1 Å². The Morgan fingerprint density at radius 1 is 1.03 bits per heavy atom. The molecule has 5 rings (SSSR count). The summed E-state index contributed by atoms with van der Waals surface area (Å²) >= 11 is 6.34. The maximum Gasteiger partial charge on any atom is 0.252 e. The number of nitrogens with one attached hydrogen (secondary N) is 2. The molecular formula is C29H39ClN4O2Si. The first-order chi connectivity index (χ1) is 17.5. The second-order valence-electron chi connectivity index (χ2n) is 12.0. The quantitative estimate of drug-likeness (QED) is 0.369. The number of amides is 1. The summed E-state index contributed by atoms with van der Waals surface area (Å²) in [4.78, 5) is 21.0. The maximum atomic E-state index is 12.5. The molecule has 1 fully saturated rings. The number of hydrogen-bond donors (Lipinski definition) is 2. The molecule has 2 aromatic carbocycles. The molecule has 1 aromatic heterocycles. The van der Waals surface area contributed by atoms with E-state index in [0.29, 0.717) is 17.1 Å². The molecule has 0 aliphatic carbocycles. The van der Waals surface area contributed by atoms with Gasteiger partial charge in [0.15, 0.2) is 8.32 Å². The zero-order valence-corrected chi connectivity index (χ0v) is 24.5. The molecule has 0 saturated carbocycles. The zero-order chi connectivity index (χ0) is 26.4. The van der Waals surface area contributed by atoms with Crippen molar-refractivity contribution < 1.29 is 9.22 Å². The Balaban J connectivity index is 1.19. The Kier molecular flexibility index (Phi) is 7.28. The summed E-state index contributed by atoms with van der Waals surface area (Å²) in [5.41, 5.74) is 5.81. The summed E-state index contributed by atoms with van der Waals surface area (Å²) in [6.07, 6.45) is 0. The van der Waals surface area contributed by atoms with Gasteiger partial charge in [0.25, 0.3) is 5.91 Å². The molecule has 37 heavy (non-hydrogen) atoms. The van der Waals surface area contributed by atoms with Crippen LogP contribution in [0, 0.1) is 0 Å². The Bertz CT molecular complexity index is 1310. The van der Waals surface area contributed by atoms with E-state index in [9.17, 15) is 4.79 Å². The van der Waals surface area contributed by atoms with Crippen LogP contribution in [0.5, 0.6) is 0 Å². The minimum Gasteiger partial charge on any atom is -0.416 e. The number of nitrogens with zero attached hydrogens (tertiary/aromatic N) is 2. The second-order valence-corrected chi connectivity index (χ2v) is 17.2. The number of carbonyl (C=O) groups excluding carboxylic acids is 1. The van der Waals surface area contributed by atoms with Gasteiger partial charge >= 0.3 is 0 Å². The van der Waals surface area contributed by atoms with Gasteiger partial charge in [-0.2, -0.15) is 0 Å². The fourth-order valence-electron chi connectivity index (χ4n) is 5.04.